The minimum absolute atomic E-state index is 0. The maximum Gasteiger partial charge on any atom is 1.00 e. The van der Waals surface area contributed by atoms with Crippen molar-refractivity contribution in [3.63, 3.8) is 0 Å². The molecule has 0 radical (unpaired) electrons. The van der Waals surface area contributed by atoms with Crippen LogP contribution in [-0.4, -0.2) is 80.1 Å². The molecule has 2 aromatic rings. The van der Waals surface area contributed by atoms with Crippen LogP contribution < -0.4 is 44.7 Å². The van der Waals surface area contributed by atoms with E-state index in [1.54, 1.807) is 12.1 Å². The summed E-state index contributed by atoms with van der Waals surface area (Å²) in [7, 11) is 0. The second-order valence-corrected chi connectivity index (χ2v) is 8.63. The number of aromatic amines is 1. The Morgan fingerprint density at radius 2 is 2.12 bits per heavy atom. The Morgan fingerprint density at radius 1 is 1.45 bits per heavy atom. The van der Waals surface area contributed by atoms with Gasteiger partial charge in [0.05, 0.1) is 34.7 Å². The number of halogens is 2. The number of carboxylic acids is 1. The van der Waals surface area contributed by atoms with Crippen LogP contribution in [0.1, 0.15) is 13.3 Å². The van der Waals surface area contributed by atoms with Crippen molar-refractivity contribution in [3.8, 4) is 5.75 Å². The molecule has 1 aliphatic heterocycles. The molecule has 0 saturated carbocycles. The van der Waals surface area contributed by atoms with Crippen molar-refractivity contribution in [1.82, 2.24) is 10.3 Å². The molecule has 1 aromatic carbocycles. The summed E-state index contributed by atoms with van der Waals surface area (Å²) in [6.07, 6.45) is -6.30. The Hall–Kier alpha value is -0.930. The number of hydrogen-bond donors (Lipinski definition) is 6. The van der Waals surface area contributed by atoms with Crippen molar-refractivity contribution in [1.29, 1.82) is 0 Å². The zero-order valence-corrected chi connectivity index (χ0v) is 22.0. The number of nitrogens with one attached hydrogen (secondary N) is 2. The molecule has 14 heteroatoms. The van der Waals surface area contributed by atoms with Crippen LogP contribution in [0.25, 0.3) is 10.9 Å². The Kier molecular flexibility index (Phi) is 9.61. The zero-order valence-electron chi connectivity index (χ0n) is 17.6. The average molecular weight is 560 g/mol. The fourth-order valence-electron chi connectivity index (χ4n) is 3.61. The van der Waals surface area contributed by atoms with Crippen LogP contribution in [-0.2, 0) is 14.3 Å². The van der Waals surface area contributed by atoms with Gasteiger partial charge in [-0.3, -0.25) is 4.79 Å². The number of H-pyrrole nitrogens is 1. The van der Waals surface area contributed by atoms with Crippen LogP contribution in [0.2, 0.25) is 5.02 Å². The smallest absolute Gasteiger partial charge is 0.543 e. The van der Waals surface area contributed by atoms with Crippen molar-refractivity contribution >= 4 is 50.3 Å². The largest absolute Gasteiger partial charge is 1.00 e. The molecule has 3 rings (SSSR count). The maximum atomic E-state index is 12.2. The van der Waals surface area contributed by atoms with Gasteiger partial charge in [0.1, 0.15) is 30.0 Å². The number of hydrogen-bond acceptors (Lipinski definition) is 9. The quantitative estimate of drug-likeness (QED) is 0.183. The van der Waals surface area contributed by atoms with E-state index in [-0.39, 0.29) is 40.3 Å². The summed E-state index contributed by atoms with van der Waals surface area (Å²) in [6, 6.07) is 2.01. The van der Waals surface area contributed by atoms with Gasteiger partial charge in [0.15, 0.2) is 0 Å². The first-order chi connectivity index (χ1) is 15.0. The topological polar surface area (TPSA) is 184 Å². The molecule has 1 unspecified atom stereocenters. The molecular weight excluding hydrogens is 539 g/mol. The number of ether oxygens (including phenoxy) is 2. The number of benzene rings is 1. The normalized spacial score (nSPS) is 26.8. The molecule has 0 bridgehead atoms. The van der Waals surface area contributed by atoms with E-state index in [9.17, 15) is 35.1 Å². The second kappa shape index (κ2) is 11.2. The molecule has 1 amide bonds. The van der Waals surface area contributed by atoms with Crippen LogP contribution in [0.3, 0.4) is 0 Å². The minimum atomic E-state index is -2.63. The van der Waals surface area contributed by atoms with Crippen LogP contribution >= 0.6 is 27.5 Å². The van der Waals surface area contributed by atoms with E-state index in [0.29, 0.717) is 15.4 Å². The summed E-state index contributed by atoms with van der Waals surface area (Å²) < 4.78 is 11.7. The predicted octanol–water partition coefficient (Wildman–Crippen LogP) is -4.22. The first-order valence-corrected chi connectivity index (χ1v) is 10.6. The molecule has 0 spiro atoms. The first-order valence-electron chi connectivity index (χ1n) is 9.46. The number of aliphatic hydroxyl groups is 4. The van der Waals surface area contributed by atoms with Gasteiger partial charge in [-0.05, 0) is 28.1 Å². The molecule has 1 saturated heterocycles. The van der Waals surface area contributed by atoms with Gasteiger partial charge in [-0.25, -0.2) is 0 Å². The fourth-order valence-corrected chi connectivity index (χ4v) is 4.20. The Labute approximate surface area is 223 Å². The number of rotatable bonds is 7. The Morgan fingerprint density at radius 3 is 2.70 bits per heavy atom. The third kappa shape index (κ3) is 5.67. The van der Waals surface area contributed by atoms with Gasteiger partial charge in [-0.2, -0.15) is 0 Å². The molecule has 176 valence electrons. The Balaban J connectivity index is 0.00000385. The van der Waals surface area contributed by atoms with Gasteiger partial charge in [0.25, 0.3) is 5.79 Å². The van der Waals surface area contributed by atoms with Gasteiger partial charge in [0.2, 0.25) is 5.91 Å². The van der Waals surface area contributed by atoms with E-state index < -0.39 is 61.1 Å². The minimum Gasteiger partial charge on any atom is -0.543 e. The third-order valence-electron chi connectivity index (χ3n) is 5.15. The van der Waals surface area contributed by atoms with Crippen LogP contribution in [0.5, 0.6) is 5.75 Å². The summed E-state index contributed by atoms with van der Waals surface area (Å²) in [4.78, 5) is 26.6. The van der Waals surface area contributed by atoms with Gasteiger partial charge in [0, 0.05) is 24.0 Å². The molecular formula is C19H21BrClN2NaO9. The number of carbonyl (C=O) groups excluding carboxylic acids is 2. The maximum absolute atomic E-state index is 12.2. The average Bonchev–Trinajstić information content (AvgIpc) is 3.14. The van der Waals surface area contributed by atoms with E-state index in [2.05, 4.69) is 26.2 Å². The molecule has 1 fully saturated rings. The van der Waals surface area contributed by atoms with Gasteiger partial charge >= 0.3 is 29.6 Å². The number of aliphatic hydroxyl groups excluding tert-OH is 4. The third-order valence-corrected chi connectivity index (χ3v) is 6.43. The van der Waals surface area contributed by atoms with Gasteiger partial charge < -0.3 is 50.1 Å². The predicted molar refractivity (Wildman–Crippen MR) is 112 cm³/mol. The van der Waals surface area contributed by atoms with Crippen LogP contribution in [0.4, 0.5) is 0 Å². The summed E-state index contributed by atoms with van der Waals surface area (Å²) in [5.74, 6) is -5.16. The van der Waals surface area contributed by atoms with Crippen molar-refractivity contribution in [3.05, 3.63) is 27.8 Å². The van der Waals surface area contributed by atoms with Crippen LogP contribution in [0, 0.1) is 0 Å². The summed E-state index contributed by atoms with van der Waals surface area (Å²) in [6.45, 7) is 0.247. The van der Waals surface area contributed by atoms with Crippen molar-refractivity contribution < 1.29 is 74.2 Å². The van der Waals surface area contributed by atoms with Crippen LogP contribution in [0.15, 0.2) is 22.8 Å². The second-order valence-electron chi connectivity index (χ2n) is 7.40. The standard InChI is InChI=1S/C19H22BrClN2O9.Na/c1-7(25)23-15-10(26)4-19(18(29)30,32-17(15)16(28)11(27)6-24)31-12-5-22-9-3-2-8(20)14(21)13(9)12;/h2-3,5,10-11,15-17,22,24,26-28H,4,6H2,1H3,(H,23,25)(H,29,30);/q;+1/p-1/t10-,11+,15+,16+,17?,19+;/m0./s1. The van der Waals surface area contributed by atoms with E-state index in [1.807, 2.05) is 0 Å². The molecule has 33 heavy (non-hydrogen) atoms. The molecule has 0 aliphatic carbocycles. The fraction of sp³-hybridized carbons (Fsp3) is 0.474. The number of amides is 1. The molecule has 11 nitrogen and oxygen atoms in total. The zero-order chi connectivity index (χ0) is 23.8. The summed E-state index contributed by atoms with van der Waals surface area (Å²) in [5, 5.41) is 55.2. The number of carboxylic acid groups (broad SMARTS) is 1. The van der Waals surface area contributed by atoms with E-state index in [1.165, 1.54) is 6.20 Å². The molecule has 1 aliphatic rings. The SMILES string of the molecule is CC(=O)N[C@H]1C([C@H](O)[C@H](O)CO)O[C@@](Oc2c[nH]c3ccc(Br)c(Cl)c23)(C(=O)[O-])C[C@@H]1O.[Na+]. The monoisotopic (exact) mass is 558 g/mol. The molecule has 2 heterocycles. The van der Waals surface area contributed by atoms with E-state index >= 15 is 0 Å². The molecule has 1 aromatic heterocycles. The molecule has 6 atom stereocenters. The molecule has 6 N–H and O–H groups in total. The van der Waals surface area contributed by atoms with Gasteiger partial charge in [-0.1, -0.05) is 11.6 Å². The van der Waals surface area contributed by atoms with Gasteiger partial charge in [-0.15, -0.1) is 0 Å². The summed E-state index contributed by atoms with van der Waals surface area (Å²) >= 11 is 9.58. The van der Waals surface area contributed by atoms with Crippen molar-refractivity contribution in [2.45, 2.75) is 49.6 Å². The number of fused-ring (bicyclic) bond motifs is 1. The van der Waals surface area contributed by atoms with E-state index in [4.69, 9.17) is 21.1 Å². The first kappa shape index (κ1) is 28.3. The number of aliphatic carboxylic acids is 1. The van der Waals surface area contributed by atoms with E-state index in [0.717, 1.165) is 6.92 Å². The number of aromatic nitrogens is 1. The van der Waals surface area contributed by atoms with Crippen molar-refractivity contribution in [2.24, 2.45) is 0 Å². The Bertz CT molecular complexity index is 1020. The summed E-state index contributed by atoms with van der Waals surface area (Å²) in [5.41, 5.74) is 0.515. The number of carbonyl (C=O) groups is 2. The van der Waals surface area contributed by atoms with Crippen molar-refractivity contribution in [2.75, 3.05) is 6.61 Å².